The third kappa shape index (κ3) is 3.45. The Morgan fingerprint density at radius 3 is 2.28 bits per heavy atom. The van der Waals surface area contributed by atoms with Crippen LogP contribution in [0.5, 0.6) is 0 Å². The van der Waals surface area contributed by atoms with Gasteiger partial charge in [-0.25, -0.2) is 8.42 Å². The number of halogens is 1. The average molecular weight is 341 g/mol. The maximum atomic E-state index is 12.4. The molecule has 0 unspecified atom stereocenters. The number of piperazine rings is 1. The molecule has 5 nitrogen and oxygen atoms in total. The van der Waals surface area contributed by atoms with E-state index in [0.29, 0.717) is 39.1 Å². The van der Waals surface area contributed by atoms with Crippen molar-refractivity contribution in [1.82, 2.24) is 9.21 Å². The SMILES string of the molecule is O=S(=O)(C1CCOCC1)N1CCN(CCBr)CC1. The highest BCUT2D eigenvalue weighted by molar-refractivity contribution is 9.09. The summed E-state index contributed by atoms with van der Waals surface area (Å²) in [6, 6.07) is 0. The molecule has 106 valence electrons. The quantitative estimate of drug-likeness (QED) is 0.699. The molecule has 0 aliphatic carbocycles. The van der Waals surface area contributed by atoms with E-state index in [2.05, 4.69) is 20.8 Å². The van der Waals surface area contributed by atoms with Crippen molar-refractivity contribution in [3.05, 3.63) is 0 Å². The van der Waals surface area contributed by atoms with Gasteiger partial charge in [-0.2, -0.15) is 4.31 Å². The summed E-state index contributed by atoms with van der Waals surface area (Å²) in [6.07, 6.45) is 1.29. The van der Waals surface area contributed by atoms with Gasteiger partial charge in [0.05, 0.1) is 5.25 Å². The van der Waals surface area contributed by atoms with Gasteiger partial charge in [-0.3, -0.25) is 4.90 Å². The van der Waals surface area contributed by atoms with Crippen LogP contribution in [0.4, 0.5) is 0 Å². The van der Waals surface area contributed by atoms with Crippen LogP contribution in [0.1, 0.15) is 12.8 Å². The minimum atomic E-state index is -3.11. The molecule has 0 amide bonds. The Balaban J connectivity index is 1.91. The molecule has 0 N–H and O–H groups in total. The highest BCUT2D eigenvalue weighted by atomic mass is 79.9. The Morgan fingerprint density at radius 2 is 1.72 bits per heavy atom. The van der Waals surface area contributed by atoms with Gasteiger partial charge in [0.1, 0.15) is 0 Å². The summed E-state index contributed by atoms with van der Waals surface area (Å²) in [5, 5.41) is 0.716. The lowest BCUT2D eigenvalue weighted by Gasteiger charge is -2.36. The summed E-state index contributed by atoms with van der Waals surface area (Å²) in [7, 11) is -3.11. The Bertz CT molecular complexity index is 349. The maximum absolute atomic E-state index is 12.4. The Kier molecular flexibility index (Phi) is 5.44. The van der Waals surface area contributed by atoms with E-state index in [1.54, 1.807) is 4.31 Å². The summed E-state index contributed by atoms with van der Waals surface area (Å²) in [5.74, 6) is 0. The third-order valence-electron chi connectivity index (χ3n) is 3.68. The van der Waals surface area contributed by atoms with Crippen LogP contribution in [0.15, 0.2) is 0 Å². The Hall–Kier alpha value is 0.310. The predicted molar refractivity (Wildman–Crippen MR) is 74.6 cm³/mol. The molecule has 0 bridgehead atoms. The predicted octanol–water partition coefficient (Wildman–Crippen LogP) is 0.508. The van der Waals surface area contributed by atoms with E-state index in [-0.39, 0.29) is 5.25 Å². The standard InChI is InChI=1S/C11H21BrN2O3S/c12-3-4-13-5-7-14(8-6-13)18(15,16)11-1-9-17-10-2-11/h11H,1-10H2. The maximum Gasteiger partial charge on any atom is 0.217 e. The smallest absolute Gasteiger partial charge is 0.217 e. The van der Waals surface area contributed by atoms with Crippen LogP contribution < -0.4 is 0 Å². The van der Waals surface area contributed by atoms with E-state index in [4.69, 9.17) is 4.74 Å². The van der Waals surface area contributed by atoms with E-state index in [1.165, 1.54) is 0 Å². The minimum absolute atomic E-state index is 0.228. The van der Waals surface area contributed by atoms with Gasteiger partial charge < -0.3 is 4.74 Å². The molecule has 0 radical (unpaired) electrons. The molecule has 2 aliphatic rings. The fourth-order valence-corrected chi connectivity index (χ4v) is 4.90. The molecule has 0 saturated carbocycles. The van der Waals surface area contributed by atoms with Crippen molar-refractivity contribution < 1.29 is 13.2 Å². The molecular weight excluding hydrogens is 320 g/mol. The molecule has 0 spiro atoms. The molecule has 2 fully saturated rings. The molecular formula is C11H21BrN2O3S. The summed E-state index contributed by atoms with van der Waals surface area (Å²) in [4.78, 5) is 2.30. The summed E-state index contributed by atoms with van der Waals surface area (Å²) in [5.41, 5.74) is 0. The number of nitrogens with zero attached hydrogens (tertiary/aromatic N) is 2. The zero-order chi connectivity index (χ0) is 13.0. The second-order valence-corrected chi connectivity index (χ2v) is 7.79. The second-order valence-electron chi connectivity index (χ2n) is 4.79. The molecule has 2 aliphatic heterocycles. The van der Waals surface area contributed by atoms with E-state index in [1.807, 2.05) is 0 Å². The Morgan fingerprint density at radius 1 is 1.11 bits per heavy atom. The van der Waals surface area contributed by atoms with Crippen molar-refractivity contribution in [2.75, 3.05) is 51.3 Å². The number of rotatable bonds is 4. The fourth-order valence-electron chi connectivity index (χ4n) is 2.51. The van der Waals surface area contributed by atoms with E-state index < -0.39 is 10.0 Å². The molecule has 7 heteroatoms. The highest BCUT2D eigenvalue weighted by Crippen LogP contribution is 2.20. The topological polar surface area (TPSA) is 49.9 Å². The molecule has 2 rings (SSSR count). The number of alkyl halides is 1. The number of hydrogen-bond donors (Lipinski definition) is 0. The molecule has 2 saturated heterocycles. The lowest BCUT2D eigenvalue weighted by Crippen LogP contribution is -2.52. The Labute approximate surface area is 118 Å². The van der Waals surface area contributed by atoms with Gasteiger partial charge in [-0.05, 0) is 12.8 Å². The van der Waals surface area contributed by atoms with Crippen molar-refractivity contribution in [3.63, 3.8) is 0 Å². The van der Waals surface area contributed by atoms with E-state index >= 15 is 0 Å². The van der Waals surface area contributed by atoms with Crippen LogP contribution in [0.2, 0.25) is 0 Å². The molecule has 2 heterocycles. The summed E-state index contributed by atoms with van der Waals surface area (Å²) >= 11 is 3.41. The normalized spacial score (nSPS) is 25.4. The van der Waals surface area contributed by atoms with Gasteiger partial charge in [-0.1, -0.05) is 15.9 Å². The van der Waals surface area contributed by atoms with Crippen molar-refractivity contribution in [2.24, 2.45) is 0 Å². The number of hydrogen-bond acceptors (Lipinski definition) is 4. The second kappa shape index (κ2) is 6.65. The summed E-state index contributed by atoms with van der Waals surface area (Å²) < 4.78 is 31.8. The average Bonchev–Trinajstić information content (AvgIpc) is 2.41. The van der Waals surface area contributed by atoms with Gasteiger partial charge in [-0.15, -0.1) is 0 Å². The monoisotopic (exact) mass is 340 g/mol. The highest BCUT2D eigenvalue weighted by Gasteiger charge is 2.34. The lowest BCUT2D eigenvalue weighted by molar-refractivity contribution is 0.0963. The van der Waals surface area contributed by atoms with Crippen LogP contribution in [-0.2, 0) is 14.8 Å². The first kappa shape index (κ1) is 14.7. The van der Waals surface area contributed by atoms with E-state index in [0.717, 1.165) is 25.0 Å². The van der Waals surface area contributed by atoms with Gasteiger partial charge in [0.25, 0.3) is 0 Å². The minimum Gasteiger partial charge on any atom is -0.381 e. The van der Waals surface area contributed by atoms with Crippen molar-refractivity contribution in [3.8, 4) is 0 Å². The van der Waals surface area contributed by atoms with Crippen LogP contribution in [0.3, 0.4) is 0 Å². The first-order chi connectivity index (χ1) is 8.64. The van der Waals surface area contributed by atoms with Crippen molar-refractivity contribution in [2.45, 2.75) is 18.1 Å². The summed E-state index contributed by atoms with van der Waals surface area (Å²) in [6.45, 7) is 5.09. The molecule has 0 aromatic carbocycles. The molecule has 18 heavy (non-hydrogen) atoms. The fraction of sp³-hybridized carbons (Fsp3) is 1.00. The number of ether oxygens (including phenoxy) is 1. The zero-order valence-electron chi connectivity index (χ0n) is 10.6. The van der Waals surface area contributed by atoms with Gasteiger partial charge in [0.2, 0.25) is 10.0 Å². The van der Waals surface area contributed by atoms with Gasteiger partial charge in [0.15, 0.2) is 0 Å². The number of sulfonamides is 1. The first-order valence-electron chi connectivity index (χ1n) is 6.49. The lowest BCUT2D eigenvalue weighted by atomic mass is 10.2. The van der Waals surface area contributed by atoms with Crippen molar-refractivity contribution in [1.29, 1.82) is 0 Å². The molecule has 0 atom stereocenters. The molecule has 0 aromatic heterocycles. The van der Waals surface area contributed by atoms with Crippen molar-refractivity contribution >= 4 is 26.0 Å². The third-order valence-corrected chi connectivity index (χ3v) is 6.43. The largest absolute Gasteiger partial charge is 0.381 e. The van der Waals surface area contributed by atoms with Gasteiger partial charge in [0, 0.05) is 51.3 Å². The van der Waals surface area contributed by atoms with Crippen LogP contribution in [-0.4, -0.2) is 74.1 Å². The van der Waals surface area contributed by atoms with Crippen LogP contribution in [0, 0.1) is 0 Å². The zero-order valence-corrected chi connectivity index (χ0v) is 13.0. The van der Waals surface area contributed by atoms with Crippen LogP contribution >= 0.6 is 15.9 Å². The first-order valence-corrected chi connectivity index (χ1v) is 9.12. The van der Waals surface area contributed by atoms with E-state index in [9.17, 15) is 8.42 Å². The van der Waals surface area contributed by atoms with Gasteiger partial charge >= 0.3 is 0 Å². The molecule has 0 aromatic rings. The van der Waals surface area contributed by atoms with Crippen LogP contribution in [0.25, 0.3) is 0 Å².